The summed E-state index contributed by atoms with van der Waals surface area (Å²) >= 11 is 0. The lowest BCUT2D eigenvalue weighted by atomic mass is 9.89. The molecule has 2 rings (SSSR count). The largest absolute Gasteiger partial charge is 0.399 e. The number of hydrogen-bond donors (Lipinski definition) is 1. The van der Waals surface area contributed by atoms with Crippen LogP contribution in [-0.2, 0) is 0 Å². The first kappa shape index (κ1) is 16.4. The molecule has 1 aromatic carbocycles. The van der Waals surface area contributed by atoms with Crippen molar-refractivity contribution in [2.45, 2.75) is 52.4 Å². The third-order valence-corrected chi connectivity index (χ3v) is 5.19. The molecule has 1 aliphatic heterocycles. The first-order chi connectivity index (χ1) is 10.1. The van der Waals surface area contributed by atoms with Gasteiger partial charge in [-0.15, -0.1) is 0 Å². The Hall–Kier alpha value is -1.02. The Morgan fingerprint density at radius 2 is 1.81 bits per heavy atom. The summed E-state index contributed by atoms with van der Waals surface area (Å²) in [5, 5.41) is 0. The van der Waals surface area contributed by atoms with Crippen LogP contribution < -0.4 is 5.73 Å². The predicted molar refractivity (Wildman–Crippen MR) is 92.5 cm³/mol. The normalized spacial score (nSPS) is 22.2. The van der Waals surface area contributed by atoms with Gasteiger partial charge in [-0.25, -0.2) is 0 Å². The van der Waals surface area contributed by atoms with E-state index in [0.717, 1.165) is 17.5 Å². The van der Waals surface area contributed by atoms with Crippen LogP contribution >= 0.6 is 0 Å². The van der Waals surface area contributed by atoms with Gasteiger partial charge in [0.2, 0.25) is 0 Å². The van der Waals surface area contributed by atoms with Gasteiger partial charge in [-0.05, 0) is 80.8 Å². The summed E-state index contributed by atoms with van der Waals surface area (Å²) in [4.78, 5) is 2.68. The molecule has 1 saturated heterocycles. The van der Waals surface area contributed by atoms with E-state index in [1.165, 1.54) is 50.9 Å². The van der Waals surface area contributed by atoms with Gasteiger partial charge in [0.25, 0.3) is 0 Å². The van der Waals surface area contributed by atoms with Crippen LogP contribution in [0.15, 0.2) is 24.3 Å². The lowest BCUT2D eigenvalue weighted by molar-refractivity contribution is 0.264. The number of hydrogen-bond acceptors (Lipinski definition) is 2. The monoisotopic (exact) mass is 288 g/mol. The lowest BCUT2D eigenvalue weighted by Gasteiger charge is -2.23. The molecule has 0 aliphatic carbocycles. The minimum Gasteiger partial charge on any atom is -0.399 e. The van der Waals surface area contributed by atoms with Crippen LogP contribution in [0.1, 0.15) is 57.9 Å². The fourth-order valence-corrected chi connectivity index (χ4v) is 3.44. The van der Waals surface area contributed by atoms with E-state index < -0.39 is 0 Å². The Kier molecular flexibility index (Phi) is 6.10. The average Bonchev–Trinajstić information content (AvgIpc) is 2.71. The molecule has 0 bridgehead atoms. The molecular weight excluding hydrogens is 256 g/mol. The van der Waals surface area contributed by atoms with Gasteiger partial charge >= 0.3 is 0 Å². The Morgan fingerprint density at radius 1 is 1.10 bits per heavy atom. The molecule has 2 heteroatoms. The topological polar surface area (TPSA) is 29.3 Å². The van der Waals surface area contributed by atoms with Crippen molar-refractivity contribution in [2.24, 2.45) is 11.8 Å². The summed E-state index contributed by atoms with van der Waals surface area (Å²) < 4.78 is 0. The molecule has 0 saturated carbocycles. The molecule has 0 radical (unpaired) electrons. The molecule has 1 heterocycles. The van der Waals surface area contributed by atoms with Gasteiger partial charge in [0.05, 0.1) is 0 Å². The van der Waals surface area contributed by atoms with Crippen LogP contribution in [0.3, 0.4) is 0 Å². The van der Waals surface area contributed by atoms with E-state index >= 15 is 0 Å². The summed E-state index contributed by atoms with van der Waals surface area (Å²) in [6.45, 7) is 10.9. The van der Waals surface area contributed by atoms with Crippen molar-refractivity contribution in [3.05, 3.63) is 29.8 Å². The number of nitrogens with two attached hydrogens (primary N) is 1. The highest BCUT2D eigenvalue weighted by molar-refractivity contribution is 5.40. The second-order valence-corrected chi connectivity index (χ2v) is 7.13. The third kappa shape index (κ3) is 5.03. The highest BCUT2D eigenvalue weighted by atomic mass is 15.1. The molecule has 2 atom stereocenters. The summed E-state index contributed by atoms with van der Waals surface area (Å²) in [5.74, 6) is 2.40. The summed E-state index contributed by atoms with van der Waals surface area (Å²) in [7, 11) is 0. The van der Waals surface area contributed by atoms with Crippen molar-refractivity contribution in [1.29, 1.82) is 0 Å². The van der Waals surface area contributed by atoms with E-state index in [1.54, 1.807) is 0 Å². The number of likely N-dealkylation sites (tertiary alicyclic amines) is 1. The Labute approximate surface area is 130 Å². The smallest absolute Gasteiger partial charge is 0.0314 e. The van der Waals surface area contributed by atoms with E-state index in [-0.39, 0.29) is 0 Å². The molecule has 0 amide bonds. The highest BCUT2D eigenvalue weighted by Crippen LogP contribution is 2.26. The number of anilines is 1. The molecule has 0 aromatic heterocycles. The van der Waals surface area contributed by atoms with Crippen LogP contribution in [0.2, 0.25) is 0 Å². The van der Waals surface area contributed by atoms with Crippen LogP contribution in [0.25, 0.3) is 0 Å². The third-order valence-electron chi connectivity index (χ3n) is 5.19. The van der Waals surface area contributed by atoms with Gasteiger partial charge in [-0.2, -0.15) is 0 Å². The van der Waals surface area contributed by atoms with Crippen molar-refractivity contribution in [3.63, 3.8) is 0 Å². The number of rotatable bonds is 5. The first-order valence-corrected chi connectivity index (χ1v) is 8.64. The van der Waals surface area contributed by atoms with Gasteiger partial charge in [0, 0.05) is 5.69 Å². The molecule has 2 nitrogen and oxygen atoms in total. The molecule has 0 spiro atoms. The first-order valence-electron chi connectivity index (χ1n) is 8.64. The number of nitrogens with zero attached hydrogens (tertiary/aromatic N) is 1. The standard InChI is InChI=1S/C19H32N2/c1-15(2)17-5-4-12-21(14-11-17)13-10-16(3)18-6-8-19(20)9-7-18/h6-9,15-17H,4-5,10-14,20H2,1-3H3. The van der Waals surface area contributed by atoms with E-state index in [0.29, 0.717) is 5.92 Å². The van der Waals surface area contributed by atoms with E-state index in [1.807, 2.05) is 12.1 Å². The fourth-order valence-electron chi connectivity index (χ4n) is 3.44. The minimum absolute atomic E-state index is 0.620. The fraction of sp³-hybridized carbons (Fsp3) is 0.684. The van der Waals surface area contributed by atoms with Crippen LogP contribution in [-0.4, -0.2) is 24.5 Å². The maximum absolute atomic E-state index is 5.76. The van der Waals surface area contributed by atoms with Crippen LogP contribution in [0.4, 0.5) is 5.69 Å². The maximum atomic E-state index is 5.76. The maximum Gasteiger partial charge on any atom is 0.0314 e. The van der Waals surface area contributed by atoms with Crippen molar-refractivity contribution in [1.82, 2.24) is 4.90 Å². The van der Waals surface area contributed by atoms with Crippen molar-refractivity contribution in [3.8, 4) is 0 Å². The Morgan fingerprint density at radius 3 is 2.48 bits per heavy atom. The summed E-state index contributed by atoms with van der Waals surface area (Å²) in [6, 6.07) is 8.39. The SMILES string of the molecule is CC(CCN1CCCC(C(C)C)CC1)c1ccc(N)cc1. The summed E-state index contributed by atoms with van der Waals surface area (Å²) in [5.41, 5.74) is 8.04. The predicted octanol–water partition coefficient (Wildman–Crippen LogP) is 4.52. The van der Waals surface area contributed by atoms with E-state index in [9.17, 15) is 0 Å². The molecular formula is C19H32N2. The van der Waals surface area contributed by atoms with Crippen molar-refractivity contribution < 1.29 is 0 Å². The van der Waals surface area contributed by atoms with Gasteiger partial charge < -0.3 is 10.6 Å². The zero-order valence-corrected chi connectivity index (χ0v) is 14.0. The van der Waals surface area contributed by atoms with Crippen LogP contribution in [0.5, 0.6) is 0 Å². The Bertz CT molecular complexity index is 410. The van der Waals surface area contributed by atoms with Crippen molar-refractivity contribution in [2.75, 3.05) is 25.4 Å². The molecule has 21 heavy (non-hydrogen) atoms. The van der Waals surface area contributed by atoms with Crippen molar-refractivity contribution >= 4 is 5.69 Å². The van der Waals surface area contributed by atoms with Gasteiger partial charge in [-0.3, -0.25) is 0 Å². The number of benzene rings is 1. The molecule has 1 fully saturated rings. The van der Waals surface area contributed by atoms with E-state index in [4.69, 9.17) is 5.73 Å². The Balaban J connectivity index is 1.78. The second-order valence-electron chi connectivity index (χ2n) is 7.13. The molecule has 118 valence electrons. The van der Waals surface area contributed by atoms with Gasteiger partial charge in [0.15, 0.2) is 0 Å². The molecule has 2 N–H and O–H groups in total. The second kappa shape index (κ2) is 7.84. The molecule has 1 aromatic rings. The quantitative estimate of drug-likeness (QED) is 0.807. The lowest BCUT2D eigenvalue weighted by Crippen LogP contribution is -2.27. The summed E-state index contributed by atoms with van der Waals surface area (Å²) in [6.07, 6.45) is 5.42. The van der Waals surface area contributed by atoms with E-state index in [2.05, 4.69) is 37.8 Å². The minimum atomic E-state index is 0.620. The van der Waals surface area contributed by atoms with Gasteiger partial charge in [-0.1, -0.05) is 32.9 Å². The molecule has 2 unspecified atom stereocenters. The average molecular weight is 288 g/mol. The number of nitrogen functional groups attached to an aromatic ring is 1. The molecule has 1 aliphatic rings. The zero-order valence-electron chi connectivity index (χ0n) is 14.0. The van der Waals surface area contributed by atoms with Crippen LogP contribution in [0, 0.1) is 11.8 Å². The zero-order chi connectivity index (χ0) is 15.2. The highest BCUT2D eigenvalue weighted by Gasteiger charge is 2.19. The van der Waals surface area contributed by atoms with Gasteiger partial charge in [0.1, 0.15) is 0 Å².